The summed E-state index contributed by atoms with van der Waals surface area (Å²) in [6.45, 7) is 4.30. The first kappa shape index (κ1) is 11.8. The molecule has 2 atom stereocenters. The van der Waals surface area contributed by atoms with Crippen LogP contribution in [-0.2, 0) is 11.3 Å². The number of hydrogen-bond acceptors (Lipinski definition) is 4. The van der Waals surface area contributed by atoms with E-state index in [1.165, 1.54) is 0 Å². The lowest BCUT2D eigenvalue weighted by molar-refractivity contribution is -0.122. The average Bonchev–Trinajstić information content (AvgIpc) is 3.04. The van der Waals surface area contributed by atoms with Crippen LogP contribution in [0.1, 0.15) is 24.7 Å². The van der Waals surface area contributed by atoms with Gasteiger partial charge in [-0.3, -0.25) is 9.78 Å². The van der Waals surface area contributed by atoms with Crippen molar-refractivity contribution >= 4 is 5.91 Å². The van der Waals surface area contributed by atoms with E-state index in [0.29, 0.717) is 24.0 Å². The third kappa shape index (κ3) is 2.72. The molecule has 2 unspecified atom stereocenters. The molecular formula is C12H17N3O2. The lowest BCUT2D eigenvalue weighted by atomic mass is 10.3. The molecule has 0 saturated heterocycles. The molecule has 1 aliphatic carbocycles. The van der Waals surface area contributed by atoms with Crippen LogP contribution in [-0.4, -0.2) is 23.0 Å². The Bertz CT molecular complexity index is 434. The summed E-state index contributed by atoms with van der Waals surface area (Å²) in [5.74, 6) is 1.27. The average molecular weight is 235 g/mol. The molecule has 1 N–H and O–H groups in total. The standard InChI is InChI=1S/C12H17N3O2/c1-7-4-9(7)11(16)14-6-10-12(17-3)15-8(2)5-13-10/h5,7,9H,4,6H2,1-3H3,(H,14,16). The van der Waals surface area contributed by atoms with Crippen LogP contribution in [0.15, 0.2) is 6.20 Å². The number of ether oxygens (including phenoxy) is 1. The minimum Gasteiger partial charge on any atom is -0.480 e. The second-order valence-electron chi connectivity index (χ2n) is 4.50. The Morgan fingerprint density at radius 3 is 2.94 bits per heavy atom. The summed E-state index contributed by atoms with van der Waals surface area (Å²) in [6.07, 6.45) is 2.66. The second-order valence-corrected chi connectivity index (χ2v) is 4.50. The second kappa shape index (κ2) is 4.69. The summed E-state index contributed by atoms with van der Waals surface area (Å²) in [6, 6.07) is 0. The third-order valence-corrected chi connectivity index (χ3v) is 3.00. The fraction of sp³-hybridized carbons (Fsp3) is 0.583. The lowest BCUT2D eigenvalue weighted by Crippen LogP contribution is -2.25. The van der Waals surface area contributed by atoms with E-state index >= 15 is 0 Å². The summed E-state index contributed by atoms with van der Waals surface area (Å²) in [7, 11) is 1.55. The number of amides is 1. The summed E-state index contributed by atoms with van der Waals surface area (Å²) in [5, 5.41) is 2.86. The zero-order valence-corrected chi connectivity index (χ0v) is 10.4. The minimum absolute atomic E-state index is 0.0990. The van der Waals surface area contributed by atoms with Crippen molar-refractivity contribution in [2.75, 3.05) is 7.11 Å². The van der Waals surface area contributed by atoms with Crippen LogP contribution >= 0.6 is 0 Å². The number of rotatable bonds is 4. The summed E-state index contributed by atoms with van der Waals surface area (Å²) in [5.41, 5.74) is 1.47. The van der Waals surface area contributed by atoms with Crippen LogP contribution in [0.4, 0.5) is 0 Å². The van der Waals surface area contributed by atoms with E-state index in [1.807, 2.05) is 6.92 Å². The number of nitrogens with zero attached hydrogens (tertiary/aromatic N) is 2. The Balaban J connectivity index is 1.96. The first-order chi connectivity index (χ1) is 8.11. The van der Waals surface area contributed by atoms with Crippen LogP contribution < -0.4 is 10.1 Å². The maximum absolute atomic E-state index is 11.7. The first-order valence-electron chi connectivity index (χ1n) is 5.76. The van der Waals surface area contributed by atoms with Crippen molar-refractivity contribution in [1.82, 2.24) is 15.3 Å². The van der Waals surface area contributed by atoms with Gasteiger partial charge in [0.05, 0.1) is 19.3 Å². The van der Waals surface area contributed by atoms with Crippen molar-refractivity contribution in [1.29, 1.82) is 0 Å². The number of nitrogens with one attached hydrogen (secondary N) is 1. The maximum atomic E-state index is 11.7. The fourth-order valence-electron chi connectivity index (χ4n) is 1.75. The van der Waals surface area contributed by atoms with Crippen LogP contribution in [0.2, 0.25) is 0 Å². The highest BCUT2D eigenvalue weighted by Crippen LogP contribution is 2.37. The van der Waals surface area contributed by atoms with Crippen LogP contribution in [0.3, 0.4) is 0 Å². The molecule has 2 rings (SSSR count). The normalized spacial score (nSPS) is 22.1. The monoisotopic (exact) mass is 235 g/mol. The third-order valence-electron chi connectivity index (χ3n) is 3.00. The number of hydrogen-bond donors (Lipinski definition) is 1. The van der Waals surface area contributed by atoms with Crippen molar-refractivity contribution < 1.29 is 9.53 Å². The van der Waals surface area contributed by atoms with Gasteiger partial charge in [-0.15, -0.1) is 0 Å². The van der Waals surface area contributed by atoms with Gasteiger partial charge in [0.25, 0.3) is 0 Å². The van der Waals surface area contributed by atoms with E-state index in [9.17, 15) is 4.79 Å². The van der Waals surface area contributed by atoms with Gasteiger partial charge < -0.3 is 10.1 Å². The van der Waals surface area contributed by atoms with E-state index < -0.39 is 0 Å². The molecule has 5 heteroatoms. The molecule has 0 spiro atoms. The Hall–Kier alpha value is -1.65. The van der Waals surface area contributed by atoms with Gasteiger partial charge in [0.1, 0.15) is 5.69 Å². The quantitative estimate of drug-likeness (QED) is 0.847. The molecule has 0 aromatic carbocycles. The molecule has 1 amide bonds. The Labute approximate surface area is 101 Å². The largest absolute Gasteiger partial charge is 0.480 e. The topological polar surface area (TPSA) is 64.1 Å². The van der Waals surface area contributed by atoms with Crippen molar-refractivity contribution in [2.45, 2.75) is 26.8 Å². The van der Waals surface area contributed by atoms with Gasteiger partial charge in [0.15, 0.2) is 0 Å². The highest BCUT2D eigenvalue weighted by atomic mass is 16.5. The summed E-state index contributed by atoms with van der Waals surface area (Å²) < 4.78 is 5.13. The number of carbonyl (C=O) groups is 1. The van der Waals surface area contributed by atoms with Gasteiger partial charge >= 0.3 is 0 Å². The molecule has 1 aromatic heterocycles. The van der Waals surface area contributed by atoms with Crippen molar-refractivity contribution in [3.8, 4) is 5.88 Å². The highest BCUT2D eigenvalue weighted by Gasteiger charge is 2.38. The van der Waals surface area contributed by atoms with E-state index in [-0.39, 0.29) is 11.8 Å². The smallest absolute Gasteiger partial charge is 0.237 e. The fourth-order valence-corrected chi connectivity index (χ4v) is 1.75. The first-order valence-corrected chi connectivity index (χ1v) is 5.76. The van der Waals surface area contributed by atoms with Gasteiger partial charge in [0, 0.05) is 12.1 Å². The Morgan fingerprint density at radius 2 is 2.35 bits per heavy atom. The minimum atomic E-state index is 0.0990. The number of aryl methyl sites for hydroxylation is 1. The molecule has 1 saturated carbocycles. The molecule has 1 fully saturated rings. The summed E-state index contributed by atoms with van der Waals surface area (Å²) in [4.78, 5) is 20.1. The molecule has 0 aliphatic heterocycles. The number of methoxy groups -OCH3 is 1. The van der Waals surface area contributed by atoms with Crippen molar-refractivity contribution in [3.05, 3.63) is 17.6 Å². The van der Waals surface area contributed by atoms with Gasteiger partial charge in [0.2, 0.25) is 11.8 Å². The van der Waals surface area contributed by atoms with Crippen molar-refractivity contribution in [2.24, 2.45) is 11.8 Å². The van der Waals surface area contributed by atoms with Crippen LogP contribution in [0.5, 0.6) is 5.88 Å². The SMILES string of the molecule is COc1nc(C)cnc1CNC(=O)C1CC1C. The van der Waals surface area contributed by atoms with E-state index in [4.69, 9.17) is 4.74 Å². The Morgan fingerprint density at radius 1 is 1.65 bits per heavy atom. The van der Waals surface area contributed by atoms with Gasteiger partial charge in [-0.1, -0.05) is 6.92 Å². The molecule has 17 heavy (non-hydrogen) atoms. The van der Waals surface area contributed by atoms with E-state index in [0.717, 1.165) is 12.1 Å². The molecule has 1 heterocycles. The number of aromatic nitrogens is 2. The van der Waals surface area contributed by atoms with E-state index in [1.54, 1.807) is 13.3 Å². The van der Waals surface area contributed by atoms with E-state index in [2.05, 4.69) is 22.2 Å². The van der Waals surface area contributed by atoms with Gasteiger partial charge in [-0.2, -0.15) is 0 Å². The molecule has 1 aliphatic rings. The zero-order chi connectivity index (χ0) is 12.4. The summed E-state index contributed by atoms with van der Waals surface area (Å²) >= 11 is 0. The maximum Gasteiger partial charge on any atom is 0.237 e. The molecule has 5 nitrogen and oxygen atoms in total. The van der Waals surface area contributed by atoms with Crippen LogP contribution in [0, 0.1) is 18.8 Å². The highest BCUT2D eigenvalue weighted by molar-refractivity contribution is 5.81. The van der Waals surface area contributed by atoms with Crippen LogP contribution in [0.25, 0.3) is 0 Å². The van der Waals surface area contributed by atoms with Gasteiger partial charge in [-0.25, -0.2) is 4.98 Å². The molecule has 0 radical (unpaired) electrons. The molecule has 0 bridgehead atoms. The lowest BCUT2D eigenvalue weighted by Gasteiger charge is -2.08. The predicted octanol–water partition coefficient (Wildman–Crippen LogP) is 1.07. The number of carbonyl (C=O) groups excluding carboxylic acids is 1. The molecular weight excluding hydrogens is 218 g/mol. The van der Waals surface area contributed by atoms with Gasteiger partial charge in [-0.05, 0) is 19.3 Å². The predicted molar refractivity (Wildman–Crippen MR) is 62.4 cm³/mol. The zero-order valence-electron chi connectivity index (χ0n) is 10.4. The molecule has 1 aromatic rings. The van der Waals surface area contributed by atoms with Crippen molar-refractivity contribution in [3.63, 3.8) is 0 Å². The Kier molecular flexibility index (Phi) is 3.26. The molecule has 92 valence electrons.